The maximum Gasteiger partial charge on any atom is 0.302 e. The van der Waals surface area contributed by atoms with Crippen molar-refractivity contribution < 1.29 is 14.6 Å². The number of aliphatic hydroxyl groups excluding tert-OH is 1. The third kappa shape index (κ3) is 2.26. The molecule has 0 saturated carbocycles. The quantitative estimate of drug-likeness (QED) is 0.828. The molecule has 1 fully saturated rings. The molecule has 4 atom stereocenters. The molecule has 1 aliphatic carbocycles. The van der Waals surface area contributed by atoms with E-state index in [0.717, 1.165) is 18.5 Å². The molecular weight excluding hydrogens is 292 g/mol. The van der Waals surface area contributed by atoms with Crippen LogP contribution in [0, 0.1) is 5.92 Å². The molecule has 122 valence electrons. The second-order valence-electron chi connectivity index (χ2n) is 6.87. The number of nitrogens with zero attached hydrogens (tertiary/aromatic N) is 1. The number of nitrogens with one attached hydrogen (secondary N) is 1. The minimum absolute atomic E-state index is 0.0547. The minimum atomic E-state index is -0.496. The van der Waals surface area contributed by atoms with Crippen LogP contribution in [0.3, 0.4) is 0 Å². The van der Waals surface area contributed by atoms with Crippen molar-refractivity contribution in [2.24, 2.45) is 5.92 Å². The number of H-pyrrole nitrogens is 1. The Bertz CT molecular complexity index is 754. The number of ether oxygens (including phenoxy) is 1. The Morgan fingerprint density at radius 1 is 1.48 bits per heavy atom. The van der Waals surface area contributed by atoms with Crippen molar-refractivity contribution in [1.29, 1.82) is 0 Å². The van der Waals surface area contributed by atoms with E-state index in [1.165, 1.54) is 23.4 Å². The van der Waals surface area contributed by atoms with E-state index in [2.05, 4.69) is 35.3 Å². The molecule has 4 rings (SSSR count). The van der Waals surface area contributed by atoms with Gasteiger partial charge in [-0.15, -0.1) is 0 Å². The molecule has 0 unspecified atom stereocenters. The van der Waals surface area contributed by atoms with Gasteiger partial charge in [0, 0.05) is 48.4 Å². The Morgan fingerprint density at radius 3 is 3.09 bits per heavy atom. The summed E-state index contributed by atoms with van der Waals surface area (Å²) in [5, 5.41) is 12.2. The lowest BCUT2D eigenvalue weighted by atomic mass is 9.71. The van der Waals surface area contributed by atoms with Crippen molar-refractivity contribution in [3.63, 3.8) is 0 Å². The van der Waals surface area contributed by atoms with E-state index < -0.39 is 6.10 Å². The Balaban J connectivity index is 1.73. The fraction of sp³-hybridized carbons (Fsp3) is 0.500. The number of likely N-dealkylation sites (tertiary alicyclic amines) is 1. The third-order valence-electron chi connectivity index (χ3n) is 5.46. The van der Waals surface area contributed by atoms with E-state index in [9.17, 15) is 9.90 Å². The molecule has 1 aliphatic heterocycles. The predicted molar refractivity (Wildman–Crippen MR) is 87.3 cm³/mol. The number of benzene rings is 1. The number of fused-ring (bicyclic) bond motifs is 2. The van der Waals surface area contributed by atoms with Crippen LogP contribution in [0.15, 0.2) is 24.4 Å². The van der Waals surface area contributed by atoms with Gasteiger partial charge in [0.25, 0.3) is 0 Å². The standard InChI is InChI=1S/C18H22N2O3/c1-10(21)23-9-12-8-20(2)15-6-11-7-19-14-5-3-4-13(16(11)14)17(15)18(12)22/h3-5,7,12,15,17-19,22H,6,8-9H2,1-2H3/t12-,15-,17-,18-/m1/s1. The van der Waals surface area contributed by atoms with Crippen molar-refractivity contribution in [1.82, 2.24) is 9.88 Å². The van der Waals surface area contributed by atoms with Gasteiger partial charge in [-0.1, -0.05) is 12.1 Å². The van der Waals surface area contributed by atoms with Gasteiger partial charge in [-0.05, 0) is 30.7 Å². The summed E-state index contributed by atoms with van der Waals surface area (Å²) in [5.41, 5.74) is 3.67. The Hall–Kier alpha value is -1.85. The summed E-state index contributed by atoms with van der Waals surface area (Å²) in [6.45, 7) is 2.43. The molecule has 2 N–H and O–H groups in total. The summed E-state index contributed by atoms with van der Waals surface area (Å²) in [4.78, 5) is 16.8. The highest BCUT2D eigenvalue weighted by atomic mass is 16.5. The predicted octanol–water partition coefficient (Wildman–Crippen LogP) is 1.66. The lowest BCUT2D eigenvalue weighted by Crippen LogP contribution is -2.55. The average Bonchev–Trinajstić information content (AvgIpc) is 2.94. The number of hydrogen-bond acceptors (Lipinski definition) is 4. The van der Waals surface area contributed by atoms with Crippen molar-refractivity contribution in [2.45, 2.75) is 31.4 Å². The molecular formula is C18H22N2O3. The van der Waals surface area contributed by atoms with Crippen LogP contribution in [-0.2, 0) is 16.0 Å². The number of likely N-dealkylation sites (N-methyl/N-ethyl adjacent to an activating group) is 1. The number of aromatic amines is 1. The van der Waals surface area contributed by atoms with E-state index >= 15 is 0 Å². The normalized spacial score (nSPS) is 30.2. The number of aliphatic hydroxyl groups is 1. The van der Waals surface area contributed by atoms with Gasteiger partial charge >= 0.3 is 5.97 Å². The number of hydrogen-bond donors (Lipinski definition) is 2. The Kier molecular flexibility index (Phi) is 3.43. The van der Waals surface area contributed by atoms with Crippen LogP contribution < -0.4 is 0 Å². The highest BCUT2D eigenvalue weighted by Gasteiger charge is 2.45. The first-order valence-corrected chi connectivity index (χ1v) is 8.17. The van der Waals surface area contributed by atoms with Crippen LogP contribution in [0.2, 0.25) is 0 Å². The van der Waals surface area contributed by atoms with Crippen LogP contribution in [0.5, 0.6) is 0 Å². The molecule has 0 radical (unpaired) electrons. The lowest BCUT2D eigenvalue weighted by Gasteiger charge is -2.48. The molecule has 1 aromatic heterocycles. The Morgan fingerprint density at radius 2 is 2.30 bits per heavy atom. The smallest absolute Gasteiger partial charge is 0.302 e. The SMILES string of the molecule is CC(=O)OC[C@H]1CN(C)[C@@H]2Cc3c[nH]c4cccc(c34)[C@H]2[C@@H]1O. The van der Waals surface area contributed by atoms with Gasteiger partial charge in [-0.25, -0.2) is 0 Å². The van der Waals surface area contributed by atoms with Crippen molar-refractivity contribution in [3.8, 4) is 0 Å². The molecule has 1 saturated heterocycles. The minimum Gasteiger partial charge on any atom is -0.465 e. The van der Waals surface area contributed by atoms with Gasteiger partial charge < -0.3 is 19.7 Å². The molecule has 2 aromatic rings. The second-order valence-corrected chi connectivity index (χ2v) is 6.87. The van der Waals surface area contributed by atoms with Gasteiger partial charge in [0.05, 0.1) is 12.7 Å². The summed E-state index contributed by atoms with van der Waals surface area (Å²) < 4.78 is 5.18. The molecule has 5 nitrogen and oxygen atoms in total. The van der Waals surface area contributed by atoms with E-state index in [-0.39, 0.29) is 30.5 Å². The first-order chi connectivity index (χ1) is 11.1. The number of esters is 1. The van der Waals surface area contributed by atoms with Gasteiger partial charge in [0.15, 0.2) is 0 Å². The van der Waals surface area contributed by atoms with Crippen LogP contribution in [0.4, 0.5) is 0 Å². The summed E-state index contributed by atoms with van der Waals surface area (Å²) in [5.74, 6) is -0.289. The highest BCUT2D eigenvalue weighted by molar-refractivity contribution is 5.88. The first kappa shape index (κ1) is 14.7. The van der Waals surface area contributed by atoms with Crippen LogP contribution >= 0.6 is 0 Å². The zero-order chi connectivity index (χ0) is 16.1. The molecule has 2 heterocycles. The largest absolute Gasteiger partial charge is 0.465 e. The number of carbonyl (C=O) groups is 1. The summed E-state index contributed by atoms with van der Waals surface area (Å²) in [7, 11) is 2.10. The van der Waals surface area contributed by atoms with Gasteiger partial charge in [0.2, 0.25) is 0 Å². The maximum absolute atomic E-state index is 11.1. The zero-order valence-corrected chi connectivity index (χ0v) is 13.5. The number of rotatable bonds is 2. The fourth-order valence-electron chi connectivity index (χ4n) is 4.41. The molecule has 2 aliphatic rings. The number of aromatic nitrogens is 1. The highest BCUT2D eigenvalue weighted by Crippen LogP contribution is 2.44. The van der Waals surface area contributed by atoms with E-state index in [1.807, 2.05) is 6.07 Å². The third-order valence-corrected chi connectivity index (χ3v) is 5.46. The molecule has 1 aromatic carbocycles. The summed E-state index contributed by atoms with van der Waals surface area (Å²) in [6, 6.07) is 6.54. The lowest BCUT2D eigenvalue weighted by molar-refractivity contribution is -0.145. The fourth-order valence-corrected chi connectivity index (χ4v) is 4.41. The van der Waals surface area contributed by atoms with Crippen molar-refractivity contribution in [3.05, 3.63) is 35.5 Å². The zero-order valence-electron chi connectivity index (χ0n) is 13.5. The van der Waals surface area contributed by atoms with Crippen molar-refractivity contribution in [2.75, 3.05) is 20.2 Å². The summed E-state index contributed by atoms with van der Waals surface area (Å²) >= 11 is 0. The van der Waals surface area contributed by atoms with Crippen LogP contribution in [-0.4, -0.2) is 53.3 Å². The number of carbonyl (C=O) groups excluding carboxylic acids is 1. The molecule has 0 amide bonds. The van der Waals surface area contributed by atoms with Gasteiger partial charge in [-0.2, -0.15) is 0 Å². The Labute approximate surface area is 135 Å². The van der Waals surface area contributed by atoms with Crippen LogP contribution in [0.25, 0.3) is 10.9 Å². The summed E-state index contributed by atoms with van der Waals surface area (Å²) in [6.07, 6.45) is 2.54. The topological polar surface area (TPSA) is 65.6 Å². The average molecular weight is 314 g/mol. The van der Waals surface area contributed by atoms with Crippen LogP contribution in [0.1, 0.15) is 24.0 Å². The monoisotopic (exact) mass is 314 g/mol. The molecule has 0 spiro atoms. The molecule has 23 heavy (non-hydrogen) atoms. The van der Waals surface area contributed by atoms with Crippen molar-refractivity contribution >= 4 is 16.9 Å². The van der Waals surface area contributed by atoms with E-state index in [0.29, 0.717) is 0 Å². The number of piperidine rings is 1. The van der Waals surface area contributed by atoms with E-state index in [1.54, 1.807) is 0 Å². The van der Waals surface area contributed by atoms with E-state index in [4.69, 9.17) is 4.74 Å². The molecule has 5 heteroatoms. The maximum atomic E-state index is 11.1. The molecule has 0 bridgehead atoms. The first-order valence-electron chi connectivity index (χ1n) is 8.17. The van der Waals surface area contributed by atoms with Gasteiger partial charge in [-0.3, -0.25) is 4.79 Å². The second kappa shape index (κ2) is 5.35. The van der Waals surface area contributed by atoms with Gasteiger partial charge in [0.1, 0.15) is 0 Å².